The van der Waals surface area contributed by atoms with Gasteiger partial charge in [-0.25, -0.2) is 4.79 Å². The van der Waals surface area contributed by atoms with Crippen LogP contribution in [0.3, 0.4) is 0 Å². The minimum absolute atomic E-state index is 0.371. The van der Waals surface area contributed by atoms with E-state index in [2.05, 4.69) is 16.0 Å². The summed E-state index contributed by atoms with van der Waals surface area (Å²) in [4.78, 5) is 70.1. The first-order valence-electron chi connectivity index (χ1n) is 9.63. The number of aliphatic carboxylic acids is 3. The van der Waals surface area contributed by atoms with Gasteiger partial charge in [0.25, 0.3) is 0 Å². The third-order valence-corrected chi connectivity index (χ3v) is 4.48. The second kappa shape index (κ2) is 13.2. The number of carboxylic acid groups (broad SMARTS) is 3. The highest BCUT2D eigenvalue weighted by Crippen LogP contribution is 2.10. The lowest BCUT2D eigenvalue weighted by atomic mass is 9.97. The molecule has 0 aromatic rings. The van der Waals surface area contributed by atoms with Gasteiger partial charge in [-0.3, -0.25) is 24.0 Å². The van der Waals surface area contributed by atoms with Gasteiger partial charge in [-0.1, -0.05) is 20.3 Å². The zero-order chi connectivity index (χ0) is 24.3. The van der Waals surface area contributed by atoms with Crippen molar-refractivity contribution < 1.29 is 44.1 Å². The van der Waals surface area contributed by atoms with Crippen LogP contribution in [-0.2, 0) is 28.8 Å². The van der Waals surface area contributed by atoms with Crippen LogP contribution in [0, 0.1) is 5.92 Å². The van der Waals surface area contributed by atoms with E-state index in [9.17, 15) is 33.9 Å². The molecule has 5 atom stereocenters. The Labute approximate surface area is 178 Å². The van der Waals surface area contributed by atoms with Crippen molar-refractivity contribution in [1.82, 2.24) is 16.0 Å². The number of rotatable bonds is 14. The van der Waals surface area contributed by atoms with E-state index >= 15 is 0 Å². The van der Waals surface area contributed by atoms with Crippen LogP contribution in [0.1, 0.15) is 46.5 Å². The van der Waals surface area contributed by atoms with Crippen LogP contribution in [0.5, 0.6) is 0 Å². The summed E-state index contributed by atoms with van der Waals surface area (Å²) in [5, 5.41) is 33.7. The van der Waals surface area contributed by atoms with E-state index in [0.717, 1.165) is 0 Å². The highest BCUT2D eigenvalue weighted by Gasteiger charge is 2.33. The van der Waals surface area contributed by atoms with Gasteiger partial charge >= 0.3 is 17.9 Å². The van der Waals surface area contributed by atoms with Crippen molar-refractivity contribution in [3.05, 3.63) is 0 Å². The SMILES string of the molecule is CCC(C)C(NC(=O)C(CC(=O)O)NC(=O)C(C)N)C(=O)NC(CCC(=O)O)C(=O)O. The molecule has 0 aliphatic heterocycles. The predicted octanol–water partition coefficient (Wildman–Crippen LogP) is -1.74. The van der Waals surface area contributed by atoms with Gasteiger partial charge in [0, 0.05) is 6.42 Å². The van der Waals surface area contributed by atoms with Crippen LogP contribution < -0.4 is 21.7 Å². The molecular weight excluding hydrogens is 416 g/mol. The van der Waals surface area contributed by atoms with E-state index in [1.807, 2.05) is 0 Å². The summed E-state index contributed by atoms with van der Waals surface area (Å²) in [6, 6.07) is -5.28. The summed E-state index contributed by atoms with van der Waals surface area (Å²) in [6.07, 6.45) is -1.25. The van der Waals surface area contributed by atoms with Crippen LogP contribution in [0.25, 0.3) is 0 Å². The van der Waals surface area contributed by atoms with Crippen molar-refractivity contribution in [2.75, 3.05) is 0 Å². The molecule has 0 aromatic carbocycles. The molecule has 0 saturated carbocycles. The van der Waals surface area contributed by atoms with E-state index < -0.39 is 78.6 Å². The Morgan fingerprint density at radius 3 is 1.77 bits per heavy atom. The lowest BCUT2D eigenvalue weighted by molar-refractivity contribution is -0.144. The Kier molecular flexibility index (Phi) is 11.8. The summed E-state index contributed by atoms with van der Waals surface area (Å²) in [5.74, 6) is -7.18. The molecule has 0 fully saturated rings. The van der Waals surface area contributed by atoms with E-state index in [1.54, 1.807) is 13.8 Å². The molecule has 0 bridgehead atoms. The fourth-order valence-corrected chi connectivity index (χ4v) is 2.43. The fourth-order valence-electron chi connectivity index (χ4n) is 2.43. The number of carboxylic acids is 3. The van der Waals surface area contributed by atoms with Gasteiger partial charge < -0.3 is 37.0 Å². The molecule has 8 N–H and O–H groups in total. The van der Waals surface area contributed by atoms with Crippen LogP contribution in [0.15, 0.2) is 0 Å². The highest BCUT2D eigenvalue weighted by molar-refractivity contribution is 5.95. The molecule has 13 nitrogen and oxygen atoms in total. The molecule has 0 heterocycles. The molecule has 0 aliphatic carbocycles. The molecule has 0 aliphatic rings. The smallest absolute Gasteiger partial charge is 0.326 e. The van der Waals surface area contributed by atoms with Crippen LogP contribution >= 0.6 is 0 Å². The van der Waals surface area contributed by atoms with E-state index in [0.29, 0.717) is 6.42 Å². The molecule has 176 valence electrons. The first-order chi connectivity index (χ1) is 14.3. The second-order valence-electron chi connectivity index (χ2n) is 7.15. The van der Waals surface area contributed by atoms with Crippen molar-refractivity contribution in [2.24, 2.45) is 11.7 Å². The lowest BCUT2D eigenvalue weighted by Crippen LogP contribution is -2.58. The molecule has 0 radical (unpaired) electrons. The normalized spacial score (nSPS) is 15.5. The Balaban J connectivity index is 5.51. The number of amides is 3. The maximum atomic E-state index is 12.7. The molecule has 3 amide bonds. The number of carbonyl (C=O) groups is 6. The van der Waals surface area contributed by atoms with Gasteiger partial charge in [-0.2, -0.15) is 0 Å². The van der Waals surface area contributed by atoms with Gasteiger partial charge in [0.05, 0.1) is 12.5 Å². The monoisotopic (exact) mass is 446 g/mol. The van der Waals surface area contributed by atoms with E-state index in [1.165, 1.54) is 6.92 Å². The van der Waals surface area contributed by atoms with Gasteiger partial charge in [-0.15, -0.1) is 0 Å². The largest absolute Gasteiger partial charge is 0.481 e. The number of hydrogen-bond donors (Lipinski definition) is 7. The summed E-state index contributed by atoms with van der Waals surface area (Å²) in [7, 11) is 0. The maximum absolute atomic E-state index is 12.7. The Hall–Kier alpha value is -3.22. The molecular formula is C18H30N4O9. The third kappa shape index (κ3) is 10.4. The van der Waals surface area contributed by atoms with Crippen molar-refractivity contribution in [2.45, 2.75) is 70.6 Å². The molecule has 0 spiro atoms. The molecule has 5 unspecified atom stereocenters. The standard InChI is InChI=1S/C18H30N4O9/c1-4-8(2)14(17(29)20-10(18(30)31)5-6-12(23)24)22-16(28)11(7-13(25)26)21-15(27)9(3)19/h8-11,14H,4-7,19H2,1-3H3,(H,20,29)(H,21,27)(H,22,28)(H,23,24)(H,25,26)(H,30,31). The number of nitrogens with two attached hydrogens (primary N) is 1. The van der Waals surface area contributed by atoms with Crippen molar-refractivity contribution in [1.29, 1.82) is 0 Å². The Bertz CT molecular complexity index is 696. The van der Waals surface area contributed by atoms with Crippen LogP contribution in [-0.4, -0.2) is 75.1 Å². The van der Waals surface area contributed by atoms with Gasteiger partial charge in [-0.05, 0) is 19.3 Å². The van der Waals surface area contributed by atoms with Gasteiger partial charge in [0.15, 0.2) is 0 Å². The molecule has 13 heteroatoms. The average molecular weight is 446 g/mol. The lowest BCUT2D eigenvalue weighted by Gasteiger charge is -2.27. The van der Waals surface area contributed by atoms with Crippen molar-refractivity contribution >= 4 is 35.6 Å². The van der Waals surface area contributed by atoms with Crippen LogP contribution in [0.4, 0.5) is 0 Å². The topological polar surface area (TPSA) is 225 Å². The van der Waals surface area contributed by atoms with Gasteiger partial charge in [0.2, 0.25) is 17.7 Å². The minimum atomic E-state index is -1.52. The summed E-state index contributed by atoms with van der Waals surface area (Å²) in [5.41, 5.74) is 5.41. The highest BCUT2D eigenvalue weighted by atomic mass is 16.4. The van der Waals surface area contributed by atoms with Crippen LogP contribution in [0.2, 0.25) is 0 Å². The second-order valence-corrected chi connectivity index (χ2v) is 7.15. The Morgan fingerprint density at radius 2 is 1.35 bits per heavy atom. The minimum Gasteiger partial charge on any atom is -0.481 e. The fraction of sp³-hybridized carbons (Fsp3) is 0.667. The zero-order valence-corrected chi connectivity index (χ0v) is 17.6. The number of hydrogen-bond acceptors (Lipinski definition) is 7. The third-order valence-electron chi connectivity index (χ3n) is 4.48. The van der Waals surface area contributed by atoms with Crippen molar-refractivity contribution in [3.63, 3.8) is 0 Å². The van der Waals surface area contributed by atoms with E-state index in [4.69, 9.17) is 15.9 Å². The molecule has 0 aromatic heterocycles. The first-order valence-corrected chi connectivity index (χ1v) is 9.63. The molecule has 0 rings (SSSR count). The quantitative estimate of drug-likeness (QED) is 0.159. The number of nitrogens with one attached hydrogen (secondary N) is 3. The summed E-state index contributed by atoms with van der Waals surface area (Å²) in [6.45, 7) is 4.65. The summed E-state index contributed by atoms with van der Waals surface area (Å²) >= 11 is 0. The first kappa shape index (κ1) is 27.8. The Morgan fingerprint density at radius 1 is 0.806 bits per heavy atom. The molecule has 31 heavy (non-hydrogen) atoms. The zero-order valence-electron chi connectivity index (χ0n) is 17.6. The van der Waals surface area contributed by atoms with Gasteiger partial charge in [0.1, 0.15) is 18.1 Å². The van der Waals surface area contributed by atoms with Crippen molar-refractivity contribution in [3.8, 4) is 0 Å². The van der Waals surface area contributed by atoms with E-state index in [-0.39, 0.29) is 6.42 Å². The number of carbonyl (C=O) groups excluding carboxylic acids is 3. The average Bonchev–Trinajstić information content (AvgIpc) is 2.66. The molecule has 0 saturated heterocycles. The maximum Gasteiger partial charge on any atom is 0.326 e. The summed E-state index contributed by atoms with van der Waals surface area (Å²) < 4.78 is 0. The predicted molar refractivity (Wildman–Crippen MR) is 106 cm³/mol.